The molecule has 0 bridgehead atoms. The summed E-state index contributed by atoms with van der Waals surface area (Å²) >= 11 is 0. The predicted octanol–water partition coefficient (Wildman–Crippen LogP) is 3.72. The first kappa shape index (κ1) is 12.2. The lowest BCUT2D eigenvalue weighted by Crippen LogP contribution is -2.01. The topological polar surface area (TPSA) is 41.6 Å². The second-order valence-electron chi connectivity index (χ2n) is 4.58. The van der Waals surface area contributed by atoms with Gasteiger partial charge in [0, 0.05) is 18.0 Å². The van der Waals surface area contributed by atoms with Crippen LogP contribution < -0.4 is 0 Å². The fourth-order valence-electron chi connectivity index (χ4n) is 2.37. The molecule has 0 fully saturated rings. The molecule has 0 saturated carbocycles. The zero-order valence-electron chi connectivity index (χ0n) is 11.1. The molecule has 3 rings (SSSR count). The number of nitrogens with zero attached hydrogens (tertiary/aromatic N) is 3. The summed E-state index contributed by atoms with van der Waals surface area (Å²) in [5.74, 6) is 0. The van der Waals surface area contributed by atoms with E-state index < -0.39 is 0 Å². The van der Waals surface area contributed by atoms with Crippen LogP contribution in [0.1, 0.15) is 11.1 Å². The maximum Gasteiger partial charge on any atom is 0.101 e. The molecule has 2 aromatic carbocycles. The van der Waals surface area contributed by atoms with Gasteiger partial charge in [-0.15, -0.1) is 0 Å². The molecular formula is C17H13N3. The second-order valence-corrected chi connectivity index (χ2v) is 4.58. The van der Waals surface area contributed by atoms with Crippen LogP contribution in [-0.2, 0) is 0 Å². The normalized spacial score (nSPS) is 10.2. The average Bonchev–Trinajstić information content (AvgIpc) is 3.01. The van der Waals surface area contributed by atoms with Gasteiger partial charge in [-0.1, -0.05) is 36.4 Å². The van der Waals surface area contributed by atoms with Crippen LogP contribution in [0.5, 0.6) is 0 Å². The van der Waals surface area contributed by atoms with Gasteiger partial charge in [0.1, 0.15) is 6.07 Å². The van der Waals surface area contributed by atoms with Gasteiger partial charge in [0.15, 0.2) is 0 Å². The maximum atomic E-state index is 9.37. The van der Waals surface area contributed by atoms with E-state index in [1.165, 1.54) is 5.56 Å². The summed E-state index contributed by atoms with van der Waals surface area (Å²) in [4.78, 5) is 0. The van der Waals surface area contributed by atoms with Crippen molar-refractivity contribution in [2.75, 3.05) is 0 Å². The molecule has 0 aliphatic heterocycles. The van der Waals surface area contributed by atoms with Gasteiger partial charge in [-0.05, 0) is 30.2 Å². The molecule has 1 aromatic heterocycles. The van der Waals surface area contributed by atoms with Crippen LogP contribution >= 0.6 is 0 Å². The highest BCUT2D eigenvalue weighted by Crippen LogP contribution is 2.31. The van der Waals surface area contributed by atoms with Gasteiger partial charge < -0.3 is 0 Å². The van der Waals surface area contributed by atoms with Gasteiger partial charge in [-0.3, -0.25) is 0 Å². The molecule has 0 unspecified atom stereocenters. The van der Waals surface area contributed by atoms with Crippen LogP contribution in [0, 0.1) is 18.3 Å². The molecule has 3 nitrogen and oxygen atoms in total. The van der Waals surface area contributed by atoms with E-state index in [4.69, 9.17) is 0 Å². The van der Waals surface area contributed by atoms with E-state index in [0.29, 0.717) is 5.56 Å². The molecule has 0 amide bonds. The third-order valence-electron chi connectivity index (χ3n) is 3.33. The highest BCUT2D eigenvalue weighted by atomic mass is 15.3. The van der Waals surface area contributed by atoms with Crippen molar-refractivity contribution >= 4 is 0 Å². The van der Waals surface area contributed by atoms with Crippen LogP contribution in [0.3, 0.4) is 0 Å². The maximum absolute atomic E-state index is 9.37. The van der Waals surface area contributed by atoms with Crippen LogP contribution in [0.2, 0.25) is 0 Å². The summed E-state index contributed by atoms with van der Waals surface area (Å²) in [5, 5.41) is 13.6. The van der Waals surface area contributed by atoms with Gasteiger partial charge in [0.2, 0.25) is 0 Å². The van der Waals surface area contributed by atoms with Crippen molar-refractivity contribution in [1.82, 2.24) is 9.78 Å². The summed E-state index contributed by atoms with van der Waals surface area (Å²) in [6.45, 7) is 2.07. The highest BCUT2D eigenvalue weighted by molar-refractivity contribution is 5.78. The zero-order valence-corrected chi connectivity index (χ0v) is 11.1. The van der Waals surface area contributed by atoms with Crippen molar-refractivity contribution in [2.45, 2.75) is 6.92 Å². The Morgan fingerprint density at radius 3 is 2.50 bits per heavy atom. The highest BCUT2D eigenvalue weighted by Gasteiger charge is 2.13. The quantitative estimate of drug-likeness (QED) is 0.703. The first-order chi connectivity index (χ1) is 9.81. The molecule has 1 heterocycles. The van der Waals surface area contributed by atoms with Crippen molar-refractivity contribution in [3.63, 3.8) is 0 Å². The molecule has 0 aliphatic rings. The number of benzene rings is 2. The lowest BCUT2D eigenvalue weighted by atomic mass is 9.97. The molecule has 20 heavy (non-hydrogen) atoms. The lowest BCUT2D eigenvalue weighted by Gasteiger charge is -2.13. The predicted molar refractivity (Wildman–Crippen MR) is 78.5 cm³/mol. The van der Waals surface area contributed by atoms with E-state index in [-0.39, 0.29) is 0 Å². The van der Waals surface area contributed by atoms with Crippen molar-refractivity contribution in [2.24, 2.45) is 0 Å². The van der Waals surface area contributed by atoms with Crippen molar-refractivity contribution in [3.8, 4) is 22.9 Å². The number of aryl methyl sites for hydroxylation is 1. The molecule has 3 aromatic rings. The monoisotopic (exact) mass is 259 g/mol. The lowest BCUT2D eigenvalue weighted by molar-refractivity contribution is 0.879. The largest absolute Gasteiger partial charge is 0.239 e. The van der Waals surface area contributed by atoms with E-state index in [1.54, 1.807) is 10.9 Å². The summed E-state index contributed by atoms with van der Waals surface area (Å²) in [6, 6.07) is 18.0. The van der Waals surface area contributed by atoms with Crippen molar-refractivity contribution < 1.29 is 0 Å². The van der Waals surface area contributed by atoms with E-state index in [0.717, 1.165) is 16.8 Å². The number of nitriles is 1. The number of aromatic nitrogens is 2. The molecule has 0 saturated heterocycles. The molecule has 0 N–H and O–H groups in total. The summed E-state index contributed by atoms with van der Waals surface area (Å²) in [5.41, 5.74) is 4.76. The van der Waals surface area contributed by atoms with Gasteiger partial charge in [0.05, 0.1) is 11.3 Å². The minimum Gasteiger partial charge on any atom is -0.239 e. The Morgan fingerprint density at radius 1 is 1.00 bits per heavy atom. The number of hydrogen-bond donors (Lipinski definition) is 0. The molecule has 96 valence electrons. The molecule has 0 radical (unpaired) electrons. The second kappa shape index (κ2) is 5.02. The van der Waals surface area contributed by atoms with E-state index in [9.17, 15) is 5.26 Å². The zero-order chi connectivity index (χ0) is 13.9. The molecule has 3 heteroatoms. The Kier molecular flexibility index (Phi) is 3.06. The Balaban J connectivity index is 2.33. The summed E-state index contributed by atoms with van der Waals surface area (Å²) in [6.07, 6.45) is 3.58. The van der Waals surface area contributed by atoms with Crippen molar-refractivity contribution in [1.29, 1.82) is 5.26 Å². The third kappa shape index (κ3) is 1.98. The number of rotatable bonds is 2. The smallest absolute Gasteiger partial charge is 0.101 e. The first-order valence-electron chi connectivity index (χ1n) is 6.40. The van der Waals surface area contributed by atoms with E-state index >= 15 is 0 Å². The molecule has 0 atom stereocenters. The molecule has 0 aliphatic carbocycles. The van der Waals surface area contributed by atoms with E-state index in [2.05, 4.69) is 30.2 Å². The summed E-state index contributed by atoms with van der Waals surface area (Å²) < 4.78 is 1.75. The van der Waals surface area contributed by atoms with Crippen LogP contribution in [0.4, 0.5) is 0 Å². The minimum atomic E-state index is 0.620. The number of hydrogen-bond acceptors (Lipinski definition) is 2. The van der Waals surface area contributed by atoms with E-state index in [1.807, 2.05) is 42.6 Å². The van der Waals surface area contributed by atoms with Gasteiger partial charge >= 0.3 is 0 Å². The fourth-order valence-corrected chi connectivity index (χ4v) is 2.37. The average molecular weight is 259 g/mol. The fraction of sp³-hybridized carbons (Fsp3) is 0.0588. The Morgan fingerprint density at radius 2 is 1.80 bits per heavy atom. The summed E-state index contributed by atoms with van der Waals surface area (Å²) in [7, 11) is 0. The number of para-hydroxylation sites is 1. The molecule has 0 spiro atoms. The standard InChI is InChI=1S/C17H13N3/c1-13-6-2-3-8-15(13)16-9-4-7-14(12-18)17(16)20-11-5-10-19-20/h2-11H,1H3. The minimum absolute atomic E-state index is 0.620. The Labute approximate surface area is 117 Å². The third-order valence-corrected chi connectivity index (χ3v) is 3.33. The van der Waals surface area contributed by atoms with Crippen LogP contribution in [0.25, 0.3) is 16.8 Å². The van der Waals surface area contributed by atoms with Crippen molar-refractivity contribution in [3.05, 3.63) is 72.1 Å². The van der Waals surface area contributed by atoms with Crippen LogP contribution in [0.15, 0.2) is 60.9 Å². The van der Waals surface area contributed by atoms with Crippen LogP contribution in [-0.4, -0.2) is 9.78 Å². The Hall–Kier alpha value is -2.86. The van der Waals surface area contributed by atoms with Gasteiger partial charge in [0.25, 0.3) is 0 Å². The molecular weight excluding hydrogens is 246 g/mol. The Bertz CT molecular complexity index is 780. The SMILES string of the molecule is Cc1ccccc1-c1cccc(C#N)c1-n1cccn1. The van der Waals surface area contributed by atoms with Gasteiger partial charge in [-0.2, -0.15) is 10.4 Å². The van der Waals surface area contributed by atoms with Gasteiger partial charge in [-0.25, -0.2) is 4.68 Å². The first-order valence-corrected chi connectivity index (χ1v) is 6.40.